The third-order valence-corrected chi connectivity index (χ3v) is 9.18. The van der Waals surface area contributed by atoms with Gasteiger partial charge in [-0.05, 0) is 109 Å². The smallest absolute Gasteiger partial charge is 0.407 e. The number of aromatic nitrogens is 3. The number of anilines is 1. The van der Waals surface area contributed by atoms with Crippen LogP contribution in [0.15, 0.2) is 30.6 Å². The van der Waals surface area contributed by atoms with E-state index in [4.69, 9.17) is 4.74 Å². The Morgan fingerprint density at radius 2 is 1.73 bits per heavy atom. The number of halogens is 1. The molecule has 1 saturated carbocycles. The fraction of sp³-hybridized carbons (Fsp3) is 0.656. The summed E-state index contributed by atoms with van der Waals surface area (Å²) in [7, 11) is 0. The van der Waals surface area contributed by atoms with Crippen molar-refractivity contribution in [3.63, 3.8) is 0 Å². The van der Waals surface area contributed by atoms with Crippen molar-refractivity contribution < 1.29 is 23.5 Å². The standard InChI is InChI=1S/C32H46FN7O4/c1-32(2,3)44-31(43)37-25(19-33)21-7-9-23(10-8-21)30(42)40-18-15-26(39-16-5-4-6-17-39)27(40)29(41)36-24-13-11-22(12-14-24)28-34-20-35-38-28/h11-14,20-21,23,25-27H,4-10,15-19H2,1-3H3,(H,36,41)(H,37,43)(H,34,35,38)/t21-,23-,25-,26-,27+/m1/s1. The largest absolute Gasteiger partial charge is 0.444 e. The minimum absolute atomic E-state index is 0.000627. The summed E-state index contributed by atoms with van der Waals surface area (Å²) in [5.74, 6) is 0.168. The van der Waals surface area contributed by atoms with Crippen LogP contribution >= 0.6 is 0 Å². The monoisotopic (exact) mass is 611 g/mol. The molecule has 1 aliphatic carbocycles. The van der Waals surface area contributed by atoms with Crippen molar-refractivity contribution in [2.24, 2.45) is 11.8 Å². The number of likely N-dealkylation sites (tertiary alicyclic amines) is 2. The van der Waals surface area contributed by atoms with Crippen molar-refractivity contribution in [2.45, 2.75) is 95.9 Å². The summed E-state index contributed by atoms with van der Waals surface area (Å²) in [5.41, 5.74) is 0.849. The third kappa shape index (κ3) is 7.75. The van der Waals surface area contributed by atoms with Crippen LogP contribution in [0.1, 0.15) is 72.1 Å². The molecule has 0 bridgehead atoms. The lowest BCUT2D eigenvalue weighted by Crippen LogP contribution is -2.55. The SMILES string of the molecule is CC(C)(C)OC(=O)N[C@H](CF)[C@H]1CC[C@H](C(=O)N2CC[C@@H](N3CCCCC3)[C@H]2C(=O)Nc2ccc(-c3nnc[nH]3)cc2)CC1. The molecule has 11 nitrogen and oxygen atoms in total. The van der Waals surface area contributed by atoms with E-state index in [2.05, 4.69) is 30.7 Å². The van der Waals surface area contributed by atoms with E-state index in [0.717, 1.165) is 37.9 Å². The average molecular weight is 612 g/mol. The molecule has 1 aromatic carbocycles. The number of nitrogens with zero attached hydrogens (tertiary/aromatic N) is 4. The van der Waals surface area contributed by atoms with Crippen molar-refractivity contribution in [3.8, 4) is 11.4 Å². The first-order chi connectivity index (χ1) is 21.1. The number of alkyl carbamates (subject to hydrolysis) is 1. The van der Waals surface area contributed by atoms with Gasteiger partial charge >= 0.3 is 6.09 Å². The molecule has 3 amide bonds. The van der Waals surface area contributed by atoms with Gasteiger partial charge in [-0.1, -0.05) is 6.42 Å². The highest BCUT2D eigenvalue weighted by atomic mass is 19.1. The van der Waals surface area contributed by atoms with Gasteiger partial charge in [0, 0.05) is 29.8 Å². The number of carbonyl (C=O) groups excluding carboxylic acids is 3. The average Bonchev–Trinajstić information content (AvgIpc) is 3.71. The van der Waals surface area contributed by atoms with Crippen molar-refractivity contribution in [1.82, 2.24) is 30.3 Å². The lowest BCUT2D eigenvalue weighted by atomic mass is 9.78. The number of aromatic amines is 1. The number of piperidine rings is 1. The van der Waals surface area contributed by atoms with Gasteiger partial charge in [-0.3, -0.25) is 14.5 Å². The number of amides is 3. The maximum atomic E-state index is 14.0. The molecule has 3 N–H and O–H groups in total. The number of hydrogen-bond donors (Lipinski definition) is 3. The first kappa shape index (κ1) is 31.9. The lowest BCUT2D eigenvalue weighted by Gasteiger charge is -2.38. The van der Waals surface area contributed by atoms with Crippen molar-refractivity contribution in [1.29, 1.82) is 0 Å². The normalized spacial score (nSPS) is 25.3. The van der Waals surface area contributed by atoms with Gasteiger partial charge in [-0.2, -0.15) is 0 Å². The van der Waals surface area contributed by atoms with Crippen molar-refractivity contribution >= 4 is 23.6 Å². The van der Waals surface area contributed by atoms with E-state index in [-0.39, 0.29) is 29.7 Å². The third-order valence-electron chi connectivity index (χ3n) is 9.18. The number of rotatable bonds is 8. The van der Waals surface area contributed by atoms with E-state index >= 15 is 0 Å². The summed E-state index contributed by atoms with van der Waals surface area (Å²) >= 11 is 0. The molecule has 44 heavy (non-hydrogen) atoms. The molecule has 12 heteroatoms. The Bertz CT molecular complexity index is 1250. The minimum atomic E-state index is -0.687. The topological polar surface area (TPSA) is 133 Å². The van der Waals surface area contributed by atoms with E-state index in [1.807, 2.05) is 24.3 Å². The van der Waals surface area contributed by atoms with Crippen LogP contribution in [-0.2, 0) is 14.3 Å². The predicted molar refractivity (Wildman–Crippen MR) is 164 cm³/mol. The first-order valence-electron chi connectivity index (χ1n) is 16.0. The van der Waals surface area contributed by atoms with Gasteiger partial charge in [0.1, 0.15) is 24.6 Å². The maximum Gasteiger partial charge on any atom is 0.407 e. The summed E-state index contributed by atoms with van der Waals surface area (Å²) in [6, 6.07) is 6.15. The second-order valence-electron chi connectivity index (χ2n) is 13.4. The van der Waals surface area contributed by atoms with Crippen molar-refractivity contribution in [2.75, 3.05) is 31.6 Å². The van der Waals surface area contributed by atoms with Crippen LogP contribution in [0.5, 0.6) is 0 Å². The Hall–Kier alpha value is -3.54. The molecular formula is C32H46FN7O4. The predicted octanol–water partition coefficient (Wildman–Crippen LogP) is 4.53. The molecule has 2 saturated heterocycles. The minimum Gasteiger partial charge on any atom is -0.444 e. The second-order valence-corrected chi connectivity index (χ2v) is 13.4. The van der Waals surface area contributed by atoms with Crippen LogP contribution in [0.25, 0.3) is 11.4 Å². The van der Waals surface area contributed by atoms with Crippen LogP contribution < -0.4 is 10.6 Å². The molecule has 240 valence electrons. The summed E-state index contributed by atoms with van der Waals surface area (Å²) in [6.07, 6.45) is 7.47. The van der Waals surface area contributed by atoms with Crippen LogP contribution in [-0.4, -0.2) is 92.9 Å². The van der Waals surface area contributed by atoms with Crippen molar-refractivity contribution in [3.05, 3.63) is 30.6 Å². The number of ether oxygens (including phenoxy) is 1. The zero-order valence-electron chi connectivity index (χ0n) is 26.1. The Labute approximate surface area is 258 Å². The molecule has 3 aliphatic rings. The number of benzene rings is 1. The summed E-state index contributed by atoms with van der Waals surface area (Å²) in [6.45, 7) is 7.03. The summed E-state index contributed by atoms with van der Waals surface area (Å²) in [5, 5.41) is 13.6. The highest BCUT2D eigenvalue weighted by molar-refractivity contribution is 5.98. The maximum absolute atomic E-state index is 14.0. The molecule has 0 spiro atoms. The molecule has 3 heterocycles. The van der Waals surface area contributed by atoms with Gasteiger partial charge in [-0.25, -0.2) is 9.18 Å². The number of H-pyrrole nitrogens is 1. The zero-order chi connectivity index (χ0) is 31.3. The number of alkyl halides is 1. The molecule has 0 unspecified atom stereocenters. The van der Waals surface area contributed by atoms with Gasteiger partial charge in [0.2, 0.25) is 11.8 Å². The number of hydrogen-bond acceptors (Lipinski definition) is 7. The van der Waals surface area contributed by atoms with E-state index in [1.54, 1.807) is 25.7 Å². The fourth-order valence-corrected chi connectivity index (χ4v) is 6.99. The van der Waals surface area contributed by atoms with E-state index in [9.17, 15) is 18.8 Å². The fourth-order valence-electron chi connectivity index (χ4n) is 6.99. The Kier molecular flexibility index (Phi) is 10.2. The highest BCUT2D eigenvalue weighted by Gasteiger charge is 2.46. The van der Waals surface area contributed by atoms with Gasteiger partial charge in [0.25, 0.3) is 0 Å². The highest BCUT2D eigenvalue weighted by Crippen LogP contribution is 2.35. The second kappa shape index (κ2) is 14.0. The molecule has 3 fully saturated rings. The molecule has 3 atom stereocenters. The Balaban J connectivity index is 1.24. The molecule has 0 radical (unpaired) electrons. The zero-order valence-corrected chi connectivity index (χ0v) is 26.1. The van der Waals surface area contributed by atoms with Gasteiger partial charge in [-0.15, -0.1) is 10.2 Å². The first-order valence-corrected chi connectivity index (χ1v) is 16.0. The Morgan fingerprint density at radius 3 is 2.34 bits per heavy atom. The molecule has 2 aromatic rings. The quantitative estimate of drug-likeness (QED) is 0.399. The number of nitrogens with one attached hydrogen (secondary N) is 3. The summed E-state index contributed by atoms with van der Waals surface area (Å²) < 4.78 is 19.3. The van der Waals surface area contributed by atoms with Crippen LogP contribution in [0.3, 0.4) is 0 Å². The van der Waals surface area contributed by atoms with Crippen LogP contribution in [0, 0.1) is 11.8 Å². The summed E-state index contributed by atoms with van der Waals surface area (Å²) in [4.78, 5) is 47.3. The Morgan fingerprint density at radius 1 is 1.02 bits per heavy atom. The van der Waals surface area contributed by atoms with E-state index in [1.165, 1.54) is 12.7 Å². The van der Waals surface area contributed by atoms with Gasteiger partial charge in [0.05, 0.1) is 6.04 Å². The molecule has 2 aliphatic heterocycles. The van der Waals surface area contributed by atoms with Crippen LogP contribution in [0.4, 0.5) is 14.9 Å². The number of carbonyl (C=O) groups is 3. The lowest BCUT2D eigenvalue weighted by molar-refractivity contribution is -0.142. The molecule has 1 aromatic heterocycles. The molecule has 5 rings (SSSR count). The van der Waals surface area contributed by atoms with Crippen LogP contribution in [0.2, 0.25) is 0 Å². The van der Waals surface area contributed by atoms with Gasteiger partial charge in [0.15, 0.2) is 5.82 Å². The van der Waals surface area contributed by atoms with Gasteiger partial charge < -0.3 is 25.3 Å². The van der Waals surface area contributed by atoms with E-state index < -0.39 is 30.5 Å². The van der Waals surface area contributed by atoms with E-state index in [0.29, 0.717) is 43.7 Å². The molecular weight excluding hydrogens is 565 g/mol.